The van der Waals surface area contributed by atoms with E-state index in [4.69, 9.17) is 0 Å². The number of fused-ring (bicyclic) bond motifs is 18. The molecule has 0 spiro atoms. The van der Waals surface area contributed by atoms with Gasteiger partial charge in [-0.1, -0.05) is 308 Å². The van der Waals surface area contributed by atoms with Crippen LogP contribution in [0, 0.1) is 47.3 Å². The smallest absolute Gasteiger partial charge is 0.0215 e. The summed E-state index contributed by atoms with van der Waals surface area (Å²) in [5, 5.41) is 0. The van der Waals surface area contributed by atoms with E-state index in [-0.39, 0.29) is 32.5 Å². The van der Waals surface area contributed by atoms with Gasteiger partial charge in [0.1, 0.15) is 0 Å². The Balaban J connectivity index is 0.681. The molecule has 6 aliphatic carbocycles. The Morgan fingerprint density at radius 3 is 0.421 bits per heavy atom. The largest absolute Gasteiger partial charge is 0.0642 e. The average Bonchev–Trinajstić information content (AvgIpc) is 1.59. The summed E-state index contributed by atoms with van der Waals surface area (Å²) in [4.78, 5) is 0. The van der Waals surface area contributed by atoms with Crippen LogP contribution in [0.25, 0.3) is 122 Å². The average molecular weight is 1660 g/mol. The van der Waals surface area contributed by atoms with Gasteiger partial charge in [-0.15, -0.1) is 0 Å². The highest BCUT2D eigenvalue weighted by Crippen LogP contribution is 2.64. The quantitative estimate of drug-likeness (QED) is 0.0385. The van der Waals surface area contributed by atoms with Crippen LogP contribution in [0.5, 0.6) is 0 Å². The SMILES string of the molecule is CCC1(CC)c2cc(-c3ccc4c(c3)C(CCC(C)C)(CCC(C)C)c3ccccc3-4)ccc2-c2ccc(-c3ccc4c(c3)C(CCC(C)C)(CCC(C)C)c3cc(-c5ccc6c(c5)C(CCC(C)C)(CCC(C)C)c5cc(-c7ccc8c(c7)C(CC)(CC)c7cc(-c9ccc%10c(c9)C(CCC(C)C)(CCC(C)C)c9ccccc9-%10)ccc7-8)ccc5-6)ccc3-4)cc21. The van der Waals surface area contributed by atoms with Gasteiger partial charge in [-0.3, -0.25) is 0 Å². The maximum atomic E-state index is 2.72. The molecule has 0 heteroatoms. The second-order valence-electron chi connectivity index (χ2n) is 44.1. The van der Waals surface area contributed by atoms with E-state index in [1.165, 1.54) is 222 Å². The number of hydrogen-bond donors (Lipinski definition) is 0. The van der Waals surface area contributed by atoms with Crippen LogP contribution in [-0.4, -0.2) is 0 Å². The predicted octanol–water partition coefficient (Wildman–Crippen LogP) is 36.8. The van der Waals surface area contributed by atoms with E-state index in [2.05, 4.69) is 369 Å². The Bertz CT molecular complexity index is 5670. The van der Waals surface area contributed by atoms with Gasteiger partial charge in [0.2, 0.25) is 0 Å². The summed E-state index contributed by atoms with van der Waals surface area (Å²) in [6.45, 7) is 48.8. The first kappa shape index (κ1) is 87.3. The second-order valence-corrected chi connectivity index (χ2v) is 44.1. The van der Waals surface area contributed by atoms with E-state index in [1.807, 2.05) is 0 Å². The van der Waals surface area contributed by atoms with Gasteiger partial charge in [0.15, 0.2) is 0 Å². The van der Waals surface area contributed by atoms with Crippen molar-refractivity contribution in [3.05, 3.63) is 297 Å². The lowest BCUT2D eigenvalue weighted by atomic mass is 9.68. The van der Waals surface area contributed by atoms with Gasteiger partial charge >= 0.3 is 0 Å². The van der Waals surface area contributed by atoms with Gasteiger partial charge in [0, 0.05) is 32.5 Å². The van der Waals surface area contributed by atoms with E-state index in [0.29, 0.717) is 47.3 Å². The summed E-state index contributed by atoms with van der Waals surface area (Å²) >= 11 is 0. The predicted molar refractivity (Wildman–Crippen MR) is 545 cm³/mol. The zero-order valence-electron chi connectivity index (χ0n) is 80.7. The third-order valence-electron chi connectivity index (χ3n) is 33.2. The molecule has 0 nitrogen and oxygen atoms in total. The lowest BCUT2D eigenvalue weighted by molar-refractivity contribution is 0.364. The molecule has 0 aromatic heterocycles. The first-order valence-electron chi connectivity index (χ1n) is 50.4. The topological polar surface area (TPSA) is 0 Å². The van der Waals surface area contributed by atoms with Gasteiger partial charge < -0.3 is 0 Å². The molecular formula is C126H146. The zero-order chi connectivity index (χ0) is 88.3. The Labute approximate surface area is 761 Å². The van der Waals surface area contributed by atoms with Crippen LogP contribution >= 0.6 is 0 Å². The molecule has 0 N–H and O–H groups in total. The molecule has 0 saturated carbocycles. The number of rotatable bonds is 33. The lowest BCUT2D eigenvalue weighted by Crippen LogP contribution is -2.27. The molecule has 126 heavy (non-hydrogen) atoms. The van der Waals surface area contributed by atoms with Crippen LogP contribution < -0.4 is 0 Å². The summed E-state index contributed by atoms with van der Waals surface area (Å²) in [7, 11) is 0. The Morgan fingerprint density at radius 1 is 0.151 bits per heavy atom. The maximum Gasteiger partial charge on any atom is 0.0215 e. The summed E-state index contributed by atoms with van der Waals surface area (Å²) in [6, 6.07) is 95.5. The monoisotopic (exact) mass is 1660 g/mol. The van der Waals surface area contributed by atoms with E-state index >= 15 is 0 Å². The van der Waals surface area contributed by atoms with Crippen LogP contribution in [0.1, 0.15) is 334 Å². The fourth-order valence-electron chi connectivity index (χ4n) is 25.6. The molecular weight excluding hydrogens is 1510 g/mol. The van der Waals surface area contributed by atoms with Crippen molar-refractivity contribution in [1.82, 2.24) is 0 Å². The van der Waals surface area contributed by atoms with Gasteiger partial charge in [-0.05, 0) is 426 Å². The standard InChI is InChI=1S/C126H146/c1-21-121(22-2)111-69-87(91-33-43-99-97-29-25-27-31-109(97)123(115(99)73-91,61-53-79(5)6)62-54-80(7)8)35-45-101(111)103-47-37-89(71-113(103)121)93-39-49-105-107-51-41-95(77-119(107)125(117(105)75-93,65-57-83(13)14)66-58-84(15)16)96-42-52-108-106-50-40-94(76-118(106)126(120(108)78-96,67-59-85(17)18)68-60-86(19)20)90-38-48-104-102-46-36-88(70-112(102)122(23-3,24-4)114(104)72-90)92-34-44-100-98-30-26-28-32-110(98)124(116(100)74-92,63-55-81(9)10)64-56-82(11)12/h25-52,69-86H,21-24,53-68H2,1-20H3. The summed E-state index contributed by atoms with van der Waals surface area (Å²) < 4.78 is 0. The Kier molecular flexibility index (Phi) is 23.7. The summed E-state index contributed by atoms with van der Waals surface area (Å²) in [6.07, 6.45) is 23.0. The lowest BCUT2D eigenvalue weighted by Gasteiger charge is -2.35. The van der Waals surface area contributed by atoms with Crippen molar-refractivity contribution < 1.29 is 0 Å². The fraction of sp³-hybridized carbons (Fsp3) is 0.429. The van der Waals surface area contributed by atoms with Crippen LogP contribution in [0.4, 0.5) is 0 Å². The molecule has 18 rings (SSSR count). The van der Waals surface area contributed by atoms with Crippen molar-refractivity contribution in [2.45, 2.75) is 299 Å². The minimum Gasteiger partial charge on any atom is -0.0642 e. The summed E-state index contributed by atoms with van der Waals surface area (Å²) in [5.74, 6) is 4.90. The Morgan fingerprint density at radius 2 is 0.278 bits per heavy atom. The first-order chi connectivity index (χ1) is 60.7. The molecule has 0 amide bonds. The third-order valence-corrected chi connectivity index (χ3v) is 33.2. The molecule has 0 fully saturated rings. The highest BCUT2D eigenvalue weighted by molar-refractivity contribution is 5.94. The molecule has 0 unspecified atom stereocenters. The van der Waals surface area contributed by atoms with Crippen molar-refractivity contribution in [3.8, 4) is 122 Å². The summed E-state index contributed by atoms with van der Waals surface area (Å²) in [5.41, 5.74) is 48.6. The number of benzene rings is 12. The van der Waals surface area contributed by atoms with Crippen LogP contribution in [0.2, 0.25) is 0 Å². The highest BCUT2D eigenvalue weighted by atomic mass is 14.5. The van der Waals surface area contributed by atoms with Gasteiger partial charge in [-0.2, -0.15) is 0 Å². The molecule has 0 aliphatic heterocycles. The normalized spacial score (nSPS) is 15.9. The zero-order valence-corrected chi connectivity index (χ0v) is 80.7. The molecule has 0 saturated heterocycles. The Hall–Kier alpha value is -9.36. The van der Waals surface area contributed by atoms with Crippen LogP contribution in [0.15, 0.2) is 231 Å². The van der Waals surface area contributed by atoms with E-state index in [9.17, 15) is 0 Å². The number of hydrogen-bond acceptors (Lipinski definition) is 0. The van der Waals surface area contributed by atoms with Gasteiger partial charge in [-0.25, -0.2) is 0 Å². The van der Waals surface area contributed by atoms with Crippen LogP contribution in [0.3, 0.4) is 0 Å². The second kappa shape index (κ2) is 34.3. The molecule has 0 atom stereocenters. The minimum absolute atomic E-state index is 0.0162. The fourth-order valence-corrected chi connectivity index (χ4v) is 25.6. The van der Waals surface area contributed by atoms with Crippen molar-refractivity contribution in [1.29, 1.82) is 0 Å². The van der Waals surface area contributed by atoms with Crippen molar-refractivity contribution in [2.75, 3.05) is 0 Å². The van der Waals surface area contributed by atoms with Crippen molar-refractivity contribution in [2.24, 2.45) is 47.3 Å². The first-order valence-corrected chi connectivity index (χ1v) is 50.4. The highest BCUT2D eigenvalue weighted by Gasteiger charge is 2.50. The van der Waals surface area contributed by atoms with Crippen molar-refractivity contribution >= 4 is 0 Å². The van der Waals surface area contributed by atoms with Crippen molar-refractivity contribution in [3.63, 3.8) is 0 Å². The molecule has 0 radical (unpaired) electrons. The molecule has 0 bridgehead atoms. The van der Waals surface area contributed by atoms with Gasteiger partial charge in [0.05, 0.1) is 0 Å². The van der Waals surface area contributed by atoms with E-state index in [1.54, 1.807) is 44.5 Å². The van der Waals surface area contributed by atoms with E-state index < -0.39 is 0 Å². The van der Waals surface area contributed by atoms with E-state index in [0.717, 1.165) is 51.4 Å². The van der Waals surface area contributed by atoms with Crippen LogP contribution in [-0.2, 0) is 32.5 Å². The van der Waals surface area contributed by atoms with Gasteiger partial charge in [0.25, 0.3) is 0 Å². The molecule has 6 aliphatic rings. The molecule has 12 aromatic rings. The third kappa shape index (κ3) is 14.6. The molecule has 650 valence electrons. The molecule has 12 aromatic carbocycles. The maximum absolute atomic E-state index is 2.72. The molecule has 0 heterocycles. The minimum atomic E-state index is -0.142.